The lowest BCUT2D eigenvalue weighted by Gasteiger charge is -2.11. The Balaban J connectivity index is 2.62. The average molecular weight is 281 g/mol. The second-order valence-corrected chi connectivity index (χ2v) is 4.32. The van der Waals surface area contributed by atoms with Gasteiger partial charge in [0.2, 0.25) is 0 Å². The van der Waals surface area contributed by atoms with Crippen molar-refractivity contribution in [3.05, 3.63) is 40.8 Å². The van der Waals surface area contributed by atoms with Crippen molar-refractivity contribution in [2.24, 2.45) is 0 Å². The first-order valence-corrected chi connectivity index (χ1v) is 6.18. The quantitative estimate of drug-likeness (QED) is 0.875. The van der Waals surface area contributed by atoms with Crippen molar-refractivity contribution in [2.75, 3.05) is 12.4 Å². The lowest BCUT2D eigenvalue weighted by molar-refractivity contribution is 0.447. The minimum atomic E-state index is -1.50. The van der Waals surface area contributed by atoms with E-state index in [1.165, 1.54) is 0 Å². The second-order valence-electron chi connectivity index (χ2n) is 4.32. The highest BCUT2D eigenvalue weighted by molar-refractivity contribution is 5.60. The van der Waals surface area contributed by atoms with Crippen molar-refractivity contribution < 1.29 is 13.2 Å². The molecule has 0 unspecified atom stereocenters. The SMILES string of the molecule is CCc1c(C)nc(-c2cc(F)c(F)c(F)c2)nc1NC. The molecule has 0 aliphatic heterocycles. The number of anilines is 1. The lowest BCUT2D eigenvalue weighted by Crippen LogP contribution is -2.05. The van der Waals surface area contributed by atoms with Crippen LogP contribution >= 0.6 is 0 Å². The highest BCUT2D eigenvalue weighted by Gasteiger charge is 2.15. The molecule has 0 saturated carbocycles. The Kier molecular flexibility index (Phi) is 3.92. The molecule has 0 amide bonds. The molecule has 3 nitrogen and oxygen atoms in total. The fraction of sp³-hybridized carbons (Fsp3) is 0.286. The van der Waals surface area contributed by atoms with Gasteiger partial charge in [-0.25, -0.2) is 23.1 Å². The van der Waals surface area contributed by atoms with Crippen LogP contribution in [0.5, 0.6) is 0 Å². The summed E-state index contributed by atoms with van der Waals surface area (Å²) in [6.45, 7) is 3.75. The lowest BCUT2D eigenvalue weighted by atomic mass is 10.1. The summed E-state index contributed by atoms with van der Waals surface area (Å²) in [6.07, 6.45) is 0.731. The fourth-order valence-corrected chi connectivity index (χ4v) is 2.04. The van der Waals surface area contributed by atoms with Crippen LogP contribution < -0.4 is 5.32 Å². The van der Waals surface area contributed by atoms with Gasteiger partial charge < -0.3 is 5.32 Å². The third kappa shape index (κ3) is 2.45. The van der Waals surface area contributed by atoms with Gasteiger partial charge >= 0.3 is 0 Å². The summed E-state index contributed by atoms with van der Waals surface area (Å²) in [7, 11) is 1.70. The molecule has 1 aromatic carbocycles. The minimum absolute atomic E-state index is 0.101. The molecule has 0 aliphatic carbocycles. The summed E-state index contributed by atoms with van der Waals surface area (Å²) in [5, 5.41) is 2.93. The molecule has 1 aromatic heterocycles. The molecule has 0 bridgehead atoms. The molecule has 106 valence electrons. The van der Waals surface area contributed by atoms with Crippen molar-refractivity contribution in [1.82, 2.24) is 9.97 Å². The van der Waals surface area contributed by atoms with Gasteiger partial charge in [-0.1, -0.05) is 6.92 Å². The Bertz CT molecular complexity index is 633. The smallest absolute Gasteiger partial charge is 0.194 e. The monoisotopic (exact) mass is 281 g/mol. The van der Waals surface area contributed by atoms with Crippen LogP contribution in [0.25, 0.3) is 11.4 Å². The molecule has 1 N–H and O–H groups in total. The van der Waals surface area contributed by atoms with E-state index in [2.05, 4.69) is 15.3 Å². The first-order chi connectivity index (χ1) is 9.47. The van der Waals surface area contributed by atoms with Crippen LogP contribution in [0.15, 0.2) is 12.1 Å². The summed E-state index contributed by atoms with van der Waals surface area (Å²) in [4.78, 5) is 8.45. The molecular formula is C14H14F3N3. The van der Waals surface area contributed by atoms with Gasteiger partial charge in [0, 0.05) is 23.9 Å². The van der Waals surface area contributed by atoms with Crippen molar-refractivity contribution in [3.8, 4) is 11.4 Å². The van der Waals surface area contributed by atoms with Crippen LogP contribution in [0.3, 0.4) is 0 Å². The largest absolute Gasteiger partial charge is 0.373 e. The van der Waals surface area contributed by atoms with Crippen molar-refractivity contribution in [1.29, 1.82) is 0 Å². The van der Waals surface area contributed by atoms with Gasteiger partial charge in [-0.3, -0.25) is 0 Å². The zero-order valence-electron chi connectivity index (χ0n) is 11.4. The van der Waals surface area contributed by atoms with Crippen molar-refractivity contribution in [3.63, 3.8) is 0 Å². The fourth-order valence-electron chi connectivity index (χ4n) is 2.04. The van der Waals surface area contributed by atoms with E-state index in [1.807, 2.05) is 6.92 Å². The molecule has 0 aliphatic rings. The number of hydrogen-bond acceptors (Lipinski definition) is 3. The molecule has 2 rings (SSSR count). The van der Waals surface area contributed by atoms with Crippen LogP contribution in [0.1, 0.15) is 18.2 Å². The topological polar surface area (TPSA) is 37.8 Å². The number of aromatic nitrogens is 2. The normalized spacial score (nSPS) is 10.7. The number of hydrogen-bond donors (Lipinski definition) is 1. The molecule has 2 aromatic rings. The van der Waals surface area contributed by atoms with Gasteiger partial charge in [0.05, 0.1) is 0 Å². The van der Waals surface area contributed by atoms with E-state index in [-0.39, 0.29) is 11.4 Å². The van der Waals surface area contributed by atoms with E-state index in [0.717, 1.165) is 24.1 Å². The van der Waals surface area contributed by atoms with E-state index < -0.39 is 17.5 Å². The van der Waals surface area contributed by atoms with E-state index in [9.17, 15) is 13.2 Å². The van der Waals surface area contributed by atoms with Gasteiger partial charge in [-0.15, -0.1) is 0 Å². The summed E-state index contributed by atoms with van der Waals surface area (Å²) in [5.74, 6) is -3.26. The molecule has 6 heteroatoms. The number of nitrogens with zero attached hydrogens (tertiary/aromatic N) is 2. The van der Waals surface area contributed by atoms with E-state index >= 15 is 0 Å². The van der Waals surface area contributed by atoms with Crippen LogP contribution in [-0.2, 0) is 6.42 Å². The Hall–Kier alpha value is -2.11. The third-order valence-electron chi connectivity index (χ3n) is 3.05. The molecule has 0 spiro atoms. The molecule has 20 heavy (non-hydrogen) atoms. The van der Waals surface area contributed by atoms with Crippen LogP contribution in [0, 0.1) is 24.4 Å². The second kappa shape index (κ2) is 5.48. The highest BCUT2D eigenvalue weighted by atomic mass is 19.2. The maximum atomic E-state index is 13.3. The summed E-state index contributed by atoms with van der Waals surface area (Å²) in [6, 6.07) is 1.77. The van der Waals surface area contributed by atoms with Crippen LogP contribution in [0.4, 0.5) is 19.0 Å². The first kappa shape index (κ1) is 14.3. The minimum Gasteiger partial charge on any atom is -0.373 e. The molecular weight excluding hydrogens is 267 g/mol. The van der Waals surface area contributed by atoms with Gasteiger partial charge in [-0.2, -0.15) is 0 Å². The van der Waals surface area contributed by atoms with E-state index in [0.29, 0.717) is 11.5 Å². The predicted molar refractivity (Wildman–Crippen MR) is 71.0 cm³/mol. The van der Waals surface area contributed by atoms with Crippen molar-refractivity contribution in [2.45, 2.75) is 20.3 Å². The summed E-state index contributed by atoms with van der Waals surface area (Å²) in [5.41, 5.74) is 1.75. The first-order valence-electron chi connectivity index (χ1n) is 6.18. The van der Waals surface area contributed by atoms with Crippen LogP contribution in [-0.4, -0.2) is 17.0 Å². The molecule has 0 radical (unpaired) electrons. The maximum absolute atomic E-state index is 13.3. The van der Waals surface area contributed by atoms with E-state index in [1.54, 1.807) is 14.0 Å². The van der Waals surface area contributed by atoms with Gasteiger partial charge in [0.1, 0.15) is 5.82 Å². The Morgan fingerprint density at radius 2 is 1.70 bits per heavy atom. The number of benzene rings is 1. The van der Waals surface area contributed by atoms with Gasteiger partial charge in [0.15, 0.2) is 23.3 Å². The number of nitrogens with one attached hydrogen (secondary N) is 1. The molecule has 0 fully saturated rings. The number of rotatable bonds is 3. The summed E-state index contributed by atoms with van der Waals surface area (Å²) < 4.78 is 39.5. The van der Waals surface area contributed by atoms with Gasteiger partial charge in [0.25, 0.3) is 0 Å². The third-order valence-corrected chi connectivity index (χ3v) is 3.05. The zero-order valence-corrected chi connectivity index (χ0v) is 11.4. The van der Waals surface area contributed by atoms with Crippen LogP contribution in [0.2, 0.25) is 0 Å². The molecule has 0 saturated heterocycles. The van der Waals surface area contributed by atoms with Crippen molar-refractivity contribution >= 4 is 5.82 Å². The average Bonchev–Trinajstić information content (AvgIpc) is 2.43. The standard InChI is InChI=1S/C14H14F3N3/c1-4-9-7(2)19-13(20-14(9)18-3)8-5-10(15)12(17)11(16)6-8/h5-6H,4H2,1-3H3,(H,18,19,20). The zero-order chi connectivity index (χ0) is 14.9. The molecule has 1 heterocycles. The van der Waals surface area contributed by atoms with Gasteiger partial charge in [-0.05, 0) is 25.5 Å². The summed E-state index contributed by atoms with van der Waals surface area (Å²) >= 11 is 0. The molecule has 0 atom stereocenters. The Labute approximate surface area is 114 Å². The predicted octanol–water partition coefficient (Wildman–Crippen LogP) is 3.47. The Morgan fingerprint density at radius 1 is 1.10 bits per heavy atom. The highest BCUT2D eigenvalue weighted by Crippen LogP contribution is 2.25. The number of aryl methyl sites for hydroxylation is 1. The number of halogens is 3. The van der Waals surface area contributed by atoms with E-state index in [4.69, 9.17) is 0 Å². The Morgan fingerprint density at radius 3 is 2.20 bits per heavy atom. The maximum Gasteiger partial charge on any atom is 0.194 e.